The molecule has 6 aromatic carbocycles. The van der Waals surface area contributed by atoms with E-state index in [1.807, 2.05) is 164 Å². The van der Waals surface area contributed by atoms with E-state index in [2.05, 4.69) is 40.1 Å². The number of nitrogens with two attached hydrogens (primary N) is 3. The Morgan fingerprint density at radius 3 is 1.17 bits per heavy atom. The lowest BCUT2D eigenvalue weighted by Gasteiger charge is -2.32. The van der Waals surface area contributed by atoms with E-state index in [4.69, 9.17) is 46.7 Å². The van der Waals surface area contributed by atoms with Crippen LogP contribution in [0.3, 0.4) is 0 Å². The Hall–Kier alpha value is -13.2. The van der Waals surface area contributed by atoms with Crippen molar-refractivity contribution in [3.05, 3.63) is 233 Å². The number of fused-ring (bicyclic) bond motifs is 3. The van der Waals surface area contributed by atoms with Crippen LogP contribution in [-0.2, 0) is 20.9 Å². The predicted molar refractivity (Wildman–Crippen MR) is 416 cm³/mol. The summed E-state index contributed by atoms with van der Waals surface area (Å²) in [5.41, 5.74) is 23.2. The minimum absolute atomic E-state index is 0.0107. The van der Waals surface area contributed by atoms with E-state index in [-0.39, 0.29) is 83.6 Å². The number of rotatable bonds is 18. The van der Waals surface area contributed by atoms with E-state index in [1.54, 1.807) is 28.7 Å². The first kappa shape index (κ1) is 72.7. The molecular formula is C81H82N18O10. The lowest BCUT2D eigenvalue weighted by molar-refractivity contribution is -0.128. The van der Waals surface area contributed by atoms with Gasteiger partial charge in [-0.1, -0.05) is 74.3 Å². The third kappa shape index (κ3) is 15.6. The number of H-pyrrole nitrogens is 1. The molecule has 9 heterocycles. The Kier molecular flexibility index (Phi) is 21.5. The van der Waals surface area contributed by atoms with Gasteiger partial charge >= 0.3 is 0 Å². The van der Waals surface area contributed by atoms with Crippen molar-refractivity contribution in [3.63, 3.8) is 0 Å². The molecule has 556 valence electrons. The zero-order valence-electron chi connectivity index (χ0n) is 59.9. The molecule has 109 heavy (non-hydrogen) atoms. The zero-order valence-corrected chi connectivity index (χ0v) is 59.9. The fourth-order valence-electron chi connectivity index (χ4n) is 14.3. The lowest BCUT2D eigenvalue weighted by atomic mass is 10.1. The second-order valence-corrected chi connectivity index (χ2v) is 27.0. The van der Waals surface area contributed by atoms with Gasteiger partial charge in [-0.15, -0.1) is 0 Å². The number of piperidine rings is 2. The van der Waals surface area contributed by atoms with Crippen LogP contribution < -0.4 is 48.1 Å². The molecule has 6 aromatic heterocycles. The van der Waals surface area contributed by atoms with Gasteiger partial charge in [-0.3, -0.25) is 42.8 Å². The summed E-state index contributed by atoms with van der Waals surface area (Å²) in [5.74, 6) is 4.43. The second-order valence-electron chi connectivity index (χ2n) is 27.0. The fraction of sp³-hybridized carbons (Fsp3) is 0.259. The summed E-state index contributed by atoms with van der Waals surface area (Å²) in [6.45, 7) is 13.8. The molecule has 3 unspecified atom stereocenters. The molecule has 28 heteroatoms. The van der Waals surface area contributed by atoms with Crippen LogP contribution in [0.1, 0.15) is 82.0 Å². The summed E-state index contributed by atoms with van der Waals surface area (Å²) in [4.78, 5) is 82.2. The van der Waals surface area contributed by atoms with Gasteiger partial charge in [0.2, 0.25) is 17.7 Å². The number of carbonyl (C=O) groups excluding carboxylic acids is 3. The number of nitrogen functional groups attached to an aromatic ring is 3. The molecule has 3 amide bonds. The number of aliphatic hydroxyl groups is 1. The molecule has 0 radical (unpaired) electrons. The van der Waals surface area contributed by atoms with Crippen LogP contribution in [0.5, 0.6) is 34.5 Å². The van der Waals surface area contributed by atoms with Crippen molar-refractivity contribution in [1.82, 2.24) is 73.8 Å². The SMILES string of the molecule is C=CC(=O)N1CCCC(n2nc(-c3ccc(Oc4ccccc4)cc3)c3c(N)nn(C4CC4)c(=O)c32)C1.C=CC(=O)N1CCCC(n2nc(-c3ccc(Oc4ccccc4)cc3)c3c(N)nn(CCO)c(=O)c32)C1.C=CC(=O)N1CCCCC(n2nc(-c3ccc(Oc4ccccc4)cc3)c3c(N)n[nH]c(=O)c32)C1. The minimum Gasteiger partial charge on any atom is -0.457 e. The van der Waals surface area contributed by atoms with Crippen molar-refractivity contribution in [1.29, 1.82) is 0 Å². The molecule has 28 nitrogen and oxygen atoms in total. The van der Waals surface area contributed by atoms with E-state index < -0.39 is 5.56 Å². The number of nitrogens with zero attached hydrogens (tertiary/aromatic N) is 14. The van der Waals surface area contributed by atoms with Crippen molar-refractivity contribution in [2.45, 2.75) is 88.5 Å². The Morgan fingerprint density at radius 1 is 0.422 bits per heavy atom. The molecule has 0 spiro atoms. The zero-order chi connectivity index (χ0) is 75.8. The van der Waals surface area contributed by atoms with Crippen molar-refractivity contribution in [2.24, 2.45) is 0 Å². The number of amides is 3. The van der Waals surface area contributed by atoms with Gasteiger partial charge < -0.3 is 51.2 Å². The highest BCUT2D eigenvalue weighted by Crippen LogP contribution is 2.40. The summed E-state index contributed by atoms with van der Waals surface area (Å²) < 4.78 is 25.6. The molecule has 8 N–H and O–H groups in total. The predicted octanol–water partition coefficient (Wildman–Crippen LogP) is 11.2. The first-order valence-corrected chi connectivity index (χ1v) is 36.3. The Bertz CT molecular complexity index is 5540. The molecule has 3 saturated heterocycles. The highest BCUT2D eigenvalue weighted by Gasteiger charge is 2.35. The highest BCUT2D eigenvalue weighted by molar-refractivity contribution is 6.02. The number of benzene rings is 6. The Balaban J connectivity index is 0.000000137. The summed E-state index contributed by atoms with van der Waals surface area (Å²) in [5, 5.41) is 40.7. The number of carbonyl (C=O) groups is 3. The average molecular weight is 1470 g/mol. The quantitative estimate of drug-likeness (QED) is 0.0498. The lowest BCUT2D eigenvalue weighted by Crippen LogP contribution is -2.40. The summed E-state index contributed by atoms with van der Waals surface area (Å²) in [6.07, 6.45) is 11.4. The number of likely N-dealkylation sites (tertiary alicyclic amines) is 3. The van der Waals surface area contributed by atoms with Crippen LogP contribution in [-0.4, -0.2) is 143 Å². The van der Waals surface area contributed by atoms with E-state index in [9.17, 15) is 33.9 Å². The molecule has 12 aromatic rings. The minimum atomic E-state index is -0.395. The molecule has 3 aliphatic heterocycles. The number of ether oxygens (including phenoxy) is 3. The van der Waals surface area contributed by atoms with Gasteiger partial charge in [0.1, 0.15) is 68.1 Å². The largest absolute Gasteiger partial charge is 0.457 e. The normalized spacial score (nSPS) is 16.4. The van der Waals surface area contributed by atoms with Crippen molar-refractivity contribution in [2.75, 3.05) is 63.1 Å². The summed E-state index contributed by atoms with van der Waals surface area (Å²) in [7, 11) is 0. The van der Waals surface area contributed by atoms with E-state index >= 15 is 0 Å². The Labute approximate surface area is 625 Å². The maximum atomic E-state index is 13.7. The second kappa shape index (κ2) is 32.2. The molecule has 3 atom stereocenters. The molecule has 0 bridgehead atoms. The Morgan fingerprint density at radius 2 is 0.780 bits per heavy atom. The van der Waals surface area contributed by atoms with Crippen molar-refractivity contribution in [3.8, 4) is 68.3 Å². The summed E-state index contributed by atoms with van der Waals surface area (Å²) in [6, 6.07) is 50.4. The van der Waals surface area contributed by atoms with Gasteiger partial charge in [-0.25, -0.2) is 14.5 Å². The number of hydrogen-bond donors (Lipinski definition) is 5. The van der Waals surface area contributed by atoms with Crippen LogP contribution in [0.2, 0.25) is 0 Å². The van der Waals surface area contributed by atoms with Gasteiger partial charge in [-0.05, 0) is 185 Å². The molecule has 16 rings (SSSR count). The summed E-state index contributed by atoms with van der Waals surface area (Å²) >= 11 is 0. The smallest absolute Gasteiger partial charge is 0.293 e. The standard InChI is InChI=1S/C28H28N6O3.C27H28N6O4.C26H26N6O3/c1-2-23(35)32-16-6-7-20(17-32)33-26-24(27(29)31-34(28(26)36)19-12-13-19)25(30-33)18-10-14-22(15-11-18)37-21-8-4-3-5-9-21;1-2-22(35)31-14-6-7-19(17-31)33-25-23(26(28)30-32(15-16-34)27(25)36)24(29-33)18-10-12-21(13-11-18)37-20-8-4-3-5-9-20;1-2-21(33)31-15-7-6-8-18(16-31)32-24-22(25(27)28-29-26(24)34)23(30-32)17-11-13-20(14-12-17)35-19-9-4-3-5-10-19/h2-5,8-11,14-15,19-20H,1,6-7,12-13,16-17H2,(H2,29,31);2-5,8-13,19,34H,1,6-7,14-17H2,(H2,28,30);2-5,9-14,18H,1,6-8,15-16H2,(H2,27,28)(H,29,34). The van der Waals surface area contributed by atoms with Crippen molar-refractivity contribution < 1.29 is 33.7 Å². The molecule has 1 saturated carbocycles. The molecule has 1 aliphatic carbocycles. The van der Waals surface area contributed by atoms with Crippen LogP contribution in [0, 0.1) is 0 Å². The number of anilines is 3. The van der Waals surface area contributed by atoms with Crippen LogP contribution in [0.15, 0.2) is 216 Å². The number of aromatic nitrogens is 12. The fourth-order valence-corrected chi connectivity index (χ4v) is 14.3. The number of nitrogens with one attached hydrogen (secondary N) is 1. The van der Waals surface area contributed by atoms with Crippen LogP contribution in [0.25, 0.3) is 66.5 Å². The maximum absolute atomic E-state index is 13.7. The first-order valence-electron chi connectivity index (χ1n) is 36.3. The van der Waals surface area contributed by atoms with Crippen molar-refractivity contribution >= 4 is 67.9 Å². The molecule has 4 fully saturated rings. The first-order chi connectivity index (χ1) is 53.1. The van der Waals surface area contributed by atoms with Gasteiger partial charge in [0, 0.05) is 56.0 Å². The van der Waals surface area contributed by atoms with Gasteiger partial charge in [0.05, 0.1) is 53.5 Å². The van der Waals surface area contributed by atoms with Crippen LogP contribution >= 0.6 is 0 Å². The third-order valence-electron chi connectivity index (χ3n) is 19.7. The average Bonchev–Trinajstić information content (AvgIpc) is 1.60. The molecule has 4 aliphatic rings. The maximum Gasteiger partial charge on any atom is 0.293 e. The van der Waals surface area contributed by atoms with Gasteiger partial charge in [0.25, 0.3) is 16.7 Å². The van der Waals surface area contributed by atoms with E-state index in [1.165, 1.54) is 22.9 Å². The van der Waals surface area contributed by atoms with Crippen LogP contribution in [0.4, 0.5) is 17.5 Å². The van der Waals surface area contributed by atoms with Gasteiger partial charge in [0.15, 0.2) is 17.5 Å². The van der Waals surface area contributed by atoms with Gasteiger partial charge in [-0.2, -0.15) is 30.6 Å². The van der Waals surface area contributed by atoms with E-state index in [0.29, 0.717) is 106 Å². The third-order valence-corrected chi connectivity index (χ3v) is 19.7. The number of hydrogen-bond acceptors (Lipinski definition) is 19. The topological polar surface area (TPSA) is 356 Å². The number of aliphatic hydroxyl groups excluding tert-OH is 1. The highest BCUT2D eigenvalue weighted by atomic mass is 16.5. The number of aromatic amines is 1. The molecular weight excluding hydrogens is 1390 g/mol. The van der Waals surface area contributed by atoms with E-state index in [0.717, 1.165) is 96.4 Å². The monoisotopic (exact) mass is 1470 g/mol. The number of para-hydroxylation sites is 3.